The molecule has 0 aliphatic heterocycles. The Morgan fingerprint density at radius 1 is 0.365 bits per heavy atom. The molecule has 2 atom stereocenters. The molecule has 0 aliphatic rings. The summed E-state index contributed by atoms with van der Waals surface area (Å²) in [5.74, 6) is -0.0393. The summed E-state index contributed by atoms with van der Waals surface area (Å²) in [6.07, 6.45) is 78.7. The van der Waals surface area contributed by atoms with Crippen LogP contribution in [-0.4, -0.2) is 47.4 Å². The Bertz CT molecular complexity index is 1110. The van der Waals surface area contributed by atoms with Crippen LogP contribution in [0.4, 0.5) is 0 Å². The lowest BCUT2D eigenvalue weighted by molar-refractivity contribution is -0.143. The van der Waals surface area contributed by atoms with Crippen LogP contribution in [-0.2, 0) is 14.3 Å². The van der Waals surface area contributed by atoms with Crippen molar-refractivity contribution < 1.29 is 24.5 Å². The molecule has 0 aromatic carbocycles. The Labute approximate surface area is 463 Å². The normalized spacial score (nSPS) is 12.5. The van der Waals surface area contributed by atoms with Crippen LogP contribution >= 0.6 is 0 Å². The molecule has 440 valence electrons. The van der Waals surface area contributed by atoms with Crippen molar-refractivity contribution in [2.45, 2.75) is 398 Å². The van der Waals surface area contributed by atoms with Crippen LogP contribution in [0.25, 0.3) is 0 Å². The fourth-order valence-corrected chi connectivity index (χ4v) is 10.9. The third-order valence-corrected chi connectivity index (χ3v) is 16.1. The first-order chi connectivity index (χ1) is 36.5. The van der Waals surface area contributed by atoms with E-state index in [-0.39, 0.29) is 18.5 Å². The zero-order valence-electron chi connectivity index (χ0n) is 50.4. The van der Waals surface area contributed by atoms with Crippen LogP contribution in [0.15, 0.2) is 12.2 Å². The van der Waals surface area contributed by atoms with Gasteiger partial charge >= 0.3 is 5.97 Å². The minimum Gasteiger partial charge on any atom is -0.466 e. The molecule has 0 spiro atoms. The molecule has 0 radical (unpaired) electrons. The van der Waals surface area contributed by atoms with E-state index in [1.54, 1.807) is 6.08 Å². The SMILES string of the molecule is CCCCCCCCCC/C=C/C(O)C(CO)NC(=O)CCCCCCCCCCCCCCCCCCCCCCCCCCCCCCCCCOC(=O)CCCCCCCCCCCCCCCCCC. The number of amides is 1. The quantitative estimate of drug-likeness (QED) is 0.0320. The summed E-state index contributed by atoms with van der Waals surface area (Å²) < 4.78 is 5.50. The van der Waals surface area contributed by atoms with Crippen LogP contribution in [0.5, 0.6) is 0 Å². The number of allylic oxidation sites excluding steroid dienone is 1. The lowest BCUT2D eigenvalue weighted by Gasteiger charge is -2.20. The van der Waals surface area contributed by atoms with Crippen LogP contribution in [0.2, 0.25) is 0 Å². The molecule has 0 rings (SSSR count). The van der Waals surface area contributed by atoms with Crippen molar-refractivity contribution in [3.8, 4) is 0 Å². The van der Waals surface area contributed by atoms with Crippen molar-refractivity contribution in [3.63, 3.8) is 0 Å². The van der Waals surface area contributed by atoms with E-state index in [1.807, 2.05) is 6.08 Å². The van der Waals surface area contributed by atoms with Crippen molar-refractivity contribution in [3.05, 3.63) is 12.2 Å². The van der Waals surface area contributed by atoms with E-state index in [0.29, 0.717) is 19.4 Å². The molecule has 74 heavy (non-hydrogen) atoms. The number of esters is 1. The van der Waals surface area contributed by atoms with Gasteiger partial charge in [-0.15, -0.1) is 0 Å². The fraction of sp³-hybridized carbons (Fsp3) is 0.941. The predicted octanol–water partition coefficient (Wildman–Crippen LogP) is 21.6. The predicted molar refractivity (Wildman–Crippen MR) is 324 cm³/mol. The van der Waals surface area contributed by atoms with Gasteiger partial charge in [0, 0.05) is 12.8 Å². The van der Waals surface area contributed by atoms with Crippen molar-refractivity contribution in [1.29, 1.82) is 0 Å². The number of rotatable bonds is 64. The summed E-state index contributed by atoms with van der Waals surface area (Å²) >= 11 is 0. The van der Waals surface area contributed by atoms with E-state index in [2.05, 4.69) is 19.2 Å². The van der Waals surface area contributed by atoms with E-state index >= 15 is 0 Å². The second kappa shape index (κ2) is 64.1. The first-order valence-electron chi connectivity index (χ1n) is 34.0. The number of carbonyl (C=O) groups is 2. The number of aliphatic hydroxyl groups excluding tert-OH is 2. The van der Waals surface area contributed by atoms with Crippen LogP contribution in [0.1, 0.15) is 386 Å². The maximum absolute atomic E-state index is 12.4. The molecule has 0 aromatic rings. The molecule has 0 aromatic heterocycles. The molecule has 0 saturated heterocycles. The maximum Gasteiger partial charge on any atom is 0.305 e. The van der Waals surface area contributed by atoms with E-state index in [0.717, 1.165) is 38.5 Å². The lowest BCUT2D eigenvalue weighted by atomic mass is 10.0. The van der Waals surface area contributed by atoms with Gasteiger partial charge in [-0.25, -0.2) is 0 Å². The molecule has 0 fully saturated rings. The summed E-state index contributed by atoms with van der Waals surface area (Å²) in [4.78, 5) is 24.5. The molecule has 1 amide bonds. The number of carbonyl (C=O) groups excluding carboxylic acids is 2. The number of nitrogens with one attached hydrogen (secondary N) is 1. The van der Waals surface area contributed by atoms with Gasteiger partial charge in [-0.05, 0) is 32.1 Å². The van der Waals surface area contributed by atoms with Gasteiger partial charge in [-0.2, -0.15) is 0 Å². The van der Waals surface area contributed by atoms with Gasteiger partial charge in [0.15, 0.2) is 0 Å². The standard InChI is InChI=1S/C68H133NO5/c1-3-5-7-9-11-13-15-16-17-36-39-42-46-50-54-58-62-68(73)74-63-59-55-51-47-43-40-37-34-32-30-28-26-24-22-20-18-19-21-23-25-27-29-31-33-35-38-41-45-49-53-57-61-67(72)69-65(64-70)66(71)60-56-52-48-44-14-12-10-8-6-4-2/h56,60,65-66,70-71H,3-55,57-59,61-64H2,1-2H3,(H,69,72)/b60-56+. The molecule has 0 saturated carbocycles. The summed E-state index contributed by atoms with van der Waals surface area (Å²) in [7, 11) is 0. The number of hydrogen-bond acceptors (Lipinski definition) is 5. The highest BCUT2D eigenvalue weighted by Crippen LogP contribution is 2.19. The van der Waals surface area contributed by atoms with Crippen molar-refractivity contribution >= 4 is 11.9 Å². The lowest BCUT2D eigenvalue weighted by Crippen LogP contribution is -2.45. The molecular weight excluding hydrogens is 911 g/mol. The minimum atomic E-state index is -0.838. The monoisotopic (exact) mass is 1040 g/mol. The second-order valence-electron chi connectivity index (χ2n) is 23.5. The molecule has 0 bridgehead atoms. The maximum atomic E-state index is 12.4. The fourth-order valence-electron chi connectivity index (χ4n) is 10.9. The average molecular weight is 1040 g/mol. The van der Waals surface area contributed by atoms with Gasteiger partial charge in [0.1, 0.15) is 0 Å². The third-order valence-electron chi connectivity index (χ3n) is 16.1. The Morgan fingerprint density at radius 3 is 0.919 bits per heavy atom. The highest BCUT2D eigenvalue weighted by molar-refractivity contribution is 5.76. The van der Waals surface area contributed by atoms with Crippen molar-refractivity contribution in [1.82, 2.24) is 5.32 Å². The first kappa shape index (κ1) is 72.6. The highest BCUT2D eigenvalue weighted by Gasteiger charge is 2.18. The summed E-state index contributed by atoms with van der Waals surface area (Å²) in [6.45, 7) is 4.92. The van der Waals surface area contributed by atoms with E-state index in [4.69, 9.17) is 4.74 Å². The summed E-state index contributed by atoms with van der Waals surface area (Å²) in [5, 5.41) is 23.0. The van der Waals surface area contributed by atoms with E-state index in [9.17, 15) is 19.8 Å². The van der Waals surface area contributed by atoms with Crippen molar-refractivity contribution in [2.75, 3.05) is 13.2 Å². The van der Waals surface area contributed by atoms with Gasteiger partial charge in [0.05, 0.1) is 25.4 Å². The number of ether oxygens (including phenoxy) is 1. The number of hydrogen-bond donors (Lipinski definition) is 3. The molecule has 0 heterocycles. The molecule has 2 unspecified atom stereocenters. The van der Waals surface area contributed by atoms with Crippen LogP contribution in [0, 0.1) is 0 Å². The van der Waals surface area contributed by atoms with Gasteiger partial charge in [-0.1, -0.05) is 353 Å². The van der Waals surface area contributed by atoms with Gasteiger partial charge in [0.25, 0.3) is 0 Å². The van der Waals surface area contributed by atoms with Gasteiger partial charge < -0.3 is 20.3 Å². The number of aliphatic hydroxyl groups is 2. The minimum absolute atomic E-state index is 0.0245. The zero-order valence-corrected chi connectivity index (χ0v) is 50.4. The third kappa shape index (κ3) is 59.8. The number of unbranched alkanes of at least 4 members (excludes halogenated alkanes) is 53. The van der Waals surface area contributed by atoms with Crippen molar-refractivity contribution in [2.24, 2.45) is 0 Å². The van der Waals surface area contributed by atoms with E-state index < -0.39 is 12.1 Å². The van der Waals surface area contributed by atoms with Crippen LogP contribution < -0.4 is 5.32 Å². The topological polar surface area (TPSA) is 95.9 Å². The smallest absolute Gasteiger partial charge is 0.305 e. The van der Waals surface area contributed by atoms with Gasteiger partial charge in [0.2, 0.25) is 5.91 Å². The van der Waals surface area contributed by atoms with E-state index in [1.165, 1.54) is 321 Å². The summed E-state index contributed by atoms with van der Waals surface area (Å²) in [5.41, 5.74) is 0. The molecular formula is C68H133NO5. The largest absolute Gasteiger partial charge is 0.466 e. The summed E-state index contributed by atoms with van der Waals surface area (Å²) in [6, 6.07) is -0.622. The van der Waals surface area contributed by atoms with Crippen LogP contribution in [0.3, 0.4) is 0 Å². The molecule has 0 aliphatic carbocycles. The Morgan fingerprint density at radius 2 is 0.622 bits per heavy atom. The Hall–Kier alpha value is -1.40. The molecule has 6 heteroatoms. The zero-order chi connectivity index (χ0) is 53.6. The highest BCUT2D eigenvalue weighted by atomic mass is 16.5. The molecule has 6 nitrogen and oxygen atoms in total. The average Bonchev–Trinajstić information content (AvgIpc) is 3.40. The Balaban J connectivity index is 3.29. The second-order valence-corrected chi connectivity index (χ2v) is 23.5. The first-order valence-corrected chi connectivity index (χ1v) is 34.0. The van der Waals surface area contributed by atoms with Gasteiger partial charge in [-0.3, -0.25) is 9.59 Å². The molecule has 3 N–H and O–H groups in total. The Kier molecular flexibility index (Phi) is 62.9.